The number of ether oxygens (including phenoxy) is 1. The van der Waals surface area contributed by atoms with E-state index in [1.165, 1.54) is 0 Å². The Labute approximate surface area is 131 Å². The van der Waals surface area contributed by atoms with Crippen LogP contribution in [-0.4, -0.2) is 46.7 Å². The van der Waals surface area contributed by atoms with E-state index in [0.29, 0.717) is 19.0 Å². The second-order valence-corrected chi connectivity index (χ2v) is 6.28. The van der Waals surface area contributed by atoms with Gasteiger partial charge >= 0.3 is 0 Å². The van der Waals surface area contributed by atoms with Gasteiger partial charge in [0.15, 0.2) is 5.82 Å². The highest BCUT2D eigenvalue weighted by Crippen LogP contribution is 2.27. The van der Waals surface area contributed by atoms with Crippen LogP contribution in [0.15, 0.2) is 4.52 Å². The summed E-state index contributed by atoms with van der Waals surface area (Å²) in [7, 11) is 0. The first kappa shape index (κ1) is 15.5. The van der Waals surface area contributed by atoms with Crippen molar-refractivity contribution in [2.45, 2.75) is 63.9 Å². The van der Waals surface area contributed by atoms with Crippen LogP contribution in [-0.2, 0) is 16.0 Å². The van der Waals surface area contributed by atoms with Crippen LogP contribution in [0.3, 0.4) is 0 Å². The molecule has 6 nitrogen and oxygen atoms in total. The van der Waals surface area contributed by atoms with Gasteiger partial charge in [-0.3, -0.25) is 4.79 Å². The van der Waals surface area contributed by atoms with Crippen LogP contribution in [0.1, 0.15) is 63.1 Å². The number of unbranched alkanes of at least 4 members (excludes halogenated alkanes) is 1. The first-order valence-corrected chi connectivity index (χ1v) is 8.50. The molecule has 2 fully saturated rings. The van der Waals surface area contributed by atoms with Crippen LogP contribution in [0.2, 0.25) is 0 Å². The van der Waals surface area contributed by atoms with Crippen molar-refractivity contribution in [3.05, 3.63) is 11.7 Å². The van der Waals surface area contributed by atoms with E-state index >= 15 is 0 Å². The molecule has 0 radical (unpaired) electrons. The summed E-state index contributed by atoms with van der Waals surface area (Å²) in [6.45, 7) is 4.34. The Hall–Kier alpha value is -1.43. The van der Waals surface area contributed by atoms with Crippen LogP contribution in [0.4, 0.5) is 0 Å². The van der Waals surface area contributed by atoms with Gasteiger partial charge in [-0.2, -0.15) is 4.98 Å². The third-order valence-electron chi connectivity index (χ3n) is 4.53. The lowest BCUT2D eigenvalue weighted by Crippen LogP contribution is -2.44. The monoisotopic (exact) mass is 307 g/mol. The summed E-state index contributed by atoms with van der Waals surface area (Å²) in [5.41, 5.74) is 0. The molecule has 6 heteroatoms. The van der Waals surface area contributed by atoms with Crippen molar-refractivity contribution in [3.8, 4) is 0 Å². The molecule has 3 rings (SSSR count). The first-order chi connectivity index (χ1) is 10.8. The SMILES string of the molecule is CCCCc1noc(C2CCCN(C(=O)C3CCCO3)C2)n1. The zero-order valence-electron chi connectivity index (χ0n) is 13.3. The fraction of sp³-hybridized carbons (Fsp3) is 0.812. The Morgan fingerprint density at radius 2 is 2.27 bits per heavy atom. The predicted molar refractivity (Wildman–Crippen MR) is 80.4 cm³/mol. The van der Waals surface area contributed by atoms with Crippen molar-refractivity contribution in [1.82, 2.24) is 15.0 Å². The van der Waals surface area contributed by atoms with Gasteiger partial charge in [-0.25, -0.2) is 0 Å². The number of rotatable bonds is 5. The van der Waals surface area contributed by atoms with Gasteiger partial charge < -0.3 is 14.2 Å². The summed E-state index contributed by atoms with van der Waals surface area (Å²) >= 11 is 0. The molecule has 1 aromatic rings. The Morgan fingerprint density at radius 3 is 3.05 bits per heavy atom. The van der Waals surface area contributed by atoms with E-state index in [-0.39, 0.29) is 17.9 Å². The van der Waals surface area contributed by atoms with Crippen LogP contribution < -0.4 is 0 Å². The molecule has 1 aromatic heterocycles. The molecule has 0 bridgehead atoms. The van der Waals surface area contributed by atoms with Gasteiger partial charge in [0.1, 0.15) is 6.10 Å². The number of amides is 1. The molecule has 2 aliphatic heterocycles. The van der Waals surface area contributed by atoms with Crippen molar-refractivity contribution in [1.29, 1.82) is 0 Å². The highest BCUT2D eigenvalue weighted by Gasteiger charge is 2.33. The Bertz CT molecular complexity index is 497. The Kier molecular flexibility index (Phi) is 5.08. The minimum Gasteiger partial charge on any atom is -0.368 e. The van der Waals surface area contributed by atoms with Gasteiger partial charge in [-0.1, -0.05) is 18.5 Å². The standard InChI is InChI=1S/C16H25N3O3/c1-2-3-8-14-17-15(22-18-14)12-6-4-9-19(11-12)16(20)13-7-5-10-21-13/h12-13H,2-11H2,1H3. The quantitative estimate of drug-likeness (QED) is 0.835. The summed E-state index contributed by atoms with van der Waals surface area (Å²) in [5, 5.41) is 4.06. The Balaban J connectivity index is 1.60. The molecule has 1 amide bonds. The number of carbonyl (C=O) groups excluding carboxylic acids is 1. The molecule has 0 aromatic carbocycles. The summed E-state index contributed by atoms with van der Waals surface area (Å²) in [6.07, 6.45) is 6.65. The van der Waals surface area contributed by atoms with Gasteiger partial charge in [0.2, 0.25) is 5.89 Å². The maximum absolute atomic E-state index is 12.5. The third-order valence-corrected chi connectivity index (χ3v) is 4.53. The molecule has 2 saturated heterocycles. The fourth-order valence-electron chi connectivity index (χ4n) is 3.22. The third kappa shape index (κ3) is 3.48. The molecule has 3 heterocycles. The lowest BCUT2D eigenvalue weighted by Gasteiger charge is -2.32. The maximum Gasteiger partial charge on any atom is 0.251 e. The van der Waals surface area contributed by atoms with E-state index in [1.54, 1.807) is 0 Å². The molecule has 2 unspecified atom stereocenters. The molecule has 2 aliphatic rings. The molecule has 0 saturated carbocycles. The number of likely N-dealkylation sites (tertiary alicyclic amines) is 1. The normalized spacial score (nSPS) is 25.6. The molecular weight excluding hydrogens is 282 g/mol. The van der Waals surface area contributed by atoms with Crippen molar-refractivity contribution >= 4 is 5.91 Å². The van der Waals surface area contributed by atoms with Crippen LogP contribution in [0.5, 0.6) is 0 Å². The molecule has 22 heavy (non-hydrogen) atoms. The molecule has 0 aliphatic carbocycles. The molecule has 0 spiro atoms. The molecular formula is C16H25N3O3. The average molecular weight is 307 g/mol. The van der Waals surface area contributed by atoms with Crippen molar-refractivity contribution in [2.24, 2.45) is 0 Å². The van der Waals surface area contributed by atoms with E-state index in [1.807, 2.05) is 4.90 Å². The minimum absolute atomic E-state index is 0.132. The molecule has 122 valence electrons. The van der Waals surface area contributed by atoms with Crippen LogP contribution >= 0.6 is 0 Å². The second-order valence-electron chi connectivity index (χ2n) is 6.28. The average Bonchev–Trinajstić information content (AvgIpc) is 3.24. The van der Waals surface area contributed by atoms with E-state index in [0.717, 1.165) is 57.3 Å². The zero-order valence-corrected chi connectivity index (χ0v) is 13.3. The summed E-state index contributed by atoms with van der Waals surface area (Å²) in [5.74, 6) is 1.78. The topological polar surface area (TPSA) is 68.5 Å². The maximum atomic E-state index is 12.5. The van der Waals surface area contributed by atoms with Crippen molar-refractivity contribution < 1.29 is 14.1 Å². The predicted octanol–water partition coefficient (Wildman–Crippen LogP) is 2.30. The Morgan fingerprint density at radius 1 is 1.36 bits per heavy atom. The van der Waals surface area contributed by atoms with E-state index < -0.39 is 0 Å². The largest absolute Gasteiger partial charge is 0.368 e. The number of hydrogen-bond acceptors (Lipinski definition) is 5. The van der Waals surface area contributed by atoms with Gasteiger partial charge in [-0.15, -0.1) is 0 Å². The lowest BCUT2D eigenvalue weighted by atomic mass is 9.97. The summed E-state index contributed by atoms with van der Waals surface area (Å²) in [4.78, 5) is 18.9. The molecule has 2 atom stereocenters. The number of aryl methyl sites for hydroxylation is 1. The number of hydrogen-bond donors (Lipinski definition) is 0. The summed E-state index contributed by atoms with van der Waals surface area (Å²) < 4.78 is 10.9. The van der Waals surface area contributed by atoms with E-state index in [4.69, 9.17) is 9.26 Å². The number of nitrogens with zero attached hydrogens (tertiary/aromatic N) is 3. The first-order valence-electron chi connectivity index (χ1n) is 8.50. The van der Waals surface area contributed by atoms with Crippen molar-refractivity contribution in [2.75, 3.05) is 19.7 Å². The second kappa shape index (κ2) is 7.22. The lowest BCUT2D eigenvalue weighted by molar-refractivity contribution is -0.142. The van der Waals surface area contributed by atoms with Gasteiger partial charge in [0.05, 0.1) is 5.92 Å². The number of aromatic nitrogens is 2. The minimum atomic E-state index is -0.235. The van der Waals surface area contributed by atoms with Crippen LogP contribution in [0.25, 0.3) is 0 Å². The van der Waals surface area contributed by atoms with E-state index in [9.17, 15) is 4.79 Å². The van der Waals surface area contributed by atoms with Crippen molar-refractivity contribution in [3.63, 3.8) is 0 Å². The fourth-order valence-corrected chi connectivity index (χ4v) is 3.22. The number of carbonyl (C=O) groups is 1. The van der Waals surface area contributed by atoms with Gasteiger partial charge in [-0.05, 0) is 32.1 Å². The van der Waals surface area contributed by atoms with Crippen LogP contribution in [0, 0.1) is 0 Å². The van der Waals surface area contributed by atoms with Gasteiger partial charge in [0.25, 0.3) is 5.91 Å². The highest BCUT2D eigenvalue weighted by molar-refractivity contribution is 5.81. The summed E-state index contributed by atoms with van der Waals surface area (Å²) in [6, 6.07) is 0. The highest BCUT2D eigenvalue weighted by atomic mass is 16.5. The van der Waals surface area contributed by atoms with Gasteiger partial charge in [0, 0.05) is 26.1 Å². The molecule has 0 N–H and O–H groups in total. The zero-order chi connectivity index (χ0) is 15.4. The van der Waals surface area contributed by atoms with E-state index in [2.05, 4.69) is 17.1 Å². The number of piperidine rings is 1. The smallest absolute Gasteiger partial charge is 0.251 e.